The van der Waals surface area contributed by atoms with Gasteiger partial charge in [-0.25, -0.2) is 0 Å². The average Bonchev–Trinajstić information content (AvgIpc) is 2.40. The van der Waals surface area contributed by atoms with Crippen LogP contribution in [-0.4, -0.2) is 30.9 Å². The van der Waals surface area contributed by atoms with Crippen LogP contribution in [0.4, 0.5) is 13.2 Å². The predicted octanol–water partition coefficient (Wildman–Crippen LogP) is 3.08. The topological polar surface area (TPSA) is 41.5 Å². The number of aliphatic hydroxyl groups is 1. The summed E-state index contributed by atoms with van der Waals surface area (Å²) in [6.07, 6.45) is -4.02. The Labute approximate surface area is 123 Å². The Hall–Kier alpha value is -1.27. The Kier molecular flexibility index (Phi) is 6.98. The lowest BCUT2D eigenvalue weighted by atomic mass is 10.1. The first-order chi connectivity index (χ1) is 9.79. The van der Waals surface area contributed by atoms with Crippen LogP contribution in [-0.2, 0) is 6.18 Å². The second kappa shape index (κ2) is 8.24. The van der Waals surface area contributed by atoms with Crippen LogP contribution in [0.3, 0.4) is 0 Å². The largest absolute Gasteiger partial charge is 0.491 e. The third-order valence-corrected chi connectivity index (χ3v) is 2.90. The molecule has 6 heteroatoms. The van der Waals surface area contributed by atoms with Crippen LogP contribution in [0.2, 0.25) is 0 Å². The highest BCUT2D eigenvalue weighted by Gasteiger charge is 2.30. The van der Waals surface area contributed by atoms with Crippen molar-refractivity contribution in [3.05, 3.63) is 29.8 Å². The summed E-state index contributed by atoms with van der Waals surface area (Å²) in [5.41, 5.74) is -0.717. The molecule has 1 aromatic carbocycles. The number of benzene rings is 1. The third-order valence-electron chi connectivity index (χ3n) is 2.90. The summed E-state index contributed by atoms with van der Waals surface area (Å²) in [7, 11) is 0. The third kappa shape index (κ3) is 7.34. The van der Waals surface area contributed by atoms with Crippen molar-refractivity contribution < 1.29 is 23.0 Å². The first-order valence-electron chi connectivity index (χ1n) is 6.98. The Bertz CT molecular complexity index is 404. The molecular formula is C15H22F3NO2. The molecule has 1 aromatic rings. The van der Waals surface area contributed by atoms with Gasteiger partial charge in [0.05, 0.1) is 5.56 Å². The van der Waals surface area contributed by atoms with E-state index in [0.29, 0.717) is 18.2 Å². The van der Waals surface area contributed by atoms with Gasteiger partial charge >= 0.3 is 6.18 Å². The molecule has 0 fully saturated rings. The second-order valence-corrected chi connectivity index (χ2v) is 5.37. The molecule has 0 heterocycles. The van der Waals surface area contributed by atoms with Crippen molar-refractivity contribution in [3.63, 3.8) is 0 Å². The molecule has 0 aliphatic heterocycles. The minimum atomic E-state index is -4.35. The summed E-state index contributed by atoms with van der Waals surface area (Å²) in [6, 6.07) is 4.43. The quantitative estimate of drug-likeness (QED) is 0.725. The van der Waals surface area contributed by atoms with Crippen molar-refractivity contribution in [2.75, 3.05) is 19.7 Å². The summed E-state index contributed by atoms with van der Waals surface area (Å²) in [6.45, 7) is 5.49. The molecule has 0 aliphatic carbocycles. The molecule has 1 rings (SSSR count). The van der Waals surface area contributed by atoms with E-state index >= 15 is 0 Å². The molecule has 0 radical (unpaired) electrons. The molecule has 1 atom stereocenters. The monoisotopic (exact) mass is 305 g/mol. The maximum Gasteiger partial charge on any atom is 0.416 e. The fourth-order valence-corrected chi connectivity index (χ4v) is 1.65. The number of alkyl halides is 3. The van der Waals surface area contributed by atoms with Gasteiger partial charge in [-0.05, 0) is 43.1 Å². The van der Waals surface area contributed by atoms with Crippen LogP contribution in [0.1, 0.15) is 25.8 Å². The molecular weight excluding hydrogens is 283 g/mol. The second-order valence-electron chi connectivity index (χ2n) is 5.37. The number of halogens is 3. The fraction of sp³-hybridized carbons (Fsp3) is 0.600. The van der Waals surface area contributed by atoms with Crippen molar-refractivity contribution in [2.24, 2.45) is 5.92 Å². The number of aliphatic hydroxyl groups excluding tert-OH is 1. The highest BCUT2D eigenvalue weighted by Crippen LogP contribution is 2.30. The average molecular weight is 305 g/mol. The SMILES string of the molecule is CC(C)CCNCC(O)COc1ccc(C(F)(F)F)cc1. The zero-order valence-electron chi connectivity index (χ0n) is 12.3. The van der Waals surface area contributed by atoms with E-state index in [9.17, 15) is 18.3 Å². The Morgan fingerprint density at radius 1 is 1.19 bits per heavy atom. The minimum Gasteiger partial charge on any atom is -0.491 e. The van der Waals surface area contributed by atoms with E-state index < -0.39 is 17.8 Å². The lowest BCUT2D eigenvalue weighted by Crippen LogP contribution is -2.32. The molecule has 21 heavy (non-hydrogen) atoms. The fourth-order valence-electron chi connectivity index (χ4n) is 1.65. The zero-order valence-corrected chi connectivity index (χ0v) is 12.3. The molecule has 0 saturated heterocycles. The number of ether oxygens (including phenoxy) is 1. The zero-order chi connectivity index (χ0) is 15.9. The molecule has 0 spiro atoms. The highest BCUT2D eigenvalue weighted by atomic mass is 19.4. The van der Waals surface area contributed by atoms with Crippen LogP contribution in [0, 0.1) is 5.92 Å². The minimum absolute atomic E-state index is 0.0417. The maximum atomic E-state index is 12.4. The number of nitrogens with one attached hydrogen (secondary N) is 1. The van der Waals surface area contributed by atoms with Gasteiger partial charge in [-0.2, -0.15) is 13.2 Å². The summed E-state index contributed by atoms with van der Waals surface area (Å²) in [5.74, 6) is 0.905. The van der Waals surface area contributed by atoms with Gasteiger partial charge in [-0.15, -0.1) is 0 Å². The summed E-state index contributed by atoms with van der Waals surface area (Å²) >= 11 is 0. The van der Waals surface area contributed by atoms with Crippen molar-refractivity contribution in [1.29, 1.82) is 0 Å². The maximum absolute atomic E-state index is 12.4. The molecule has 0 aliphatic rings. The lowest BCUT2D eigenvalue weighted by molar-refractivity contribution is -0.137. The van der Waals surface area contributed by atoms with E-state index in [0.717, 1.165) is 25.1 Å². The Balaban J connectivity index is 2.28. The van der Waals surface area contributed by atoms with E-state index in [-0.39, 0.29) is 6.61 Å². The van der Waals surface area contributed by atoms with Crippen LogP contribution < -0.4 is 10.1 Å². The number of rotatable bonds is 8. The predicted molar refractivity (Wildman–Crippen MR) is 75.3 cm³/mol. The van der Waals surface area contributed by atoms with Crippen LogP contribution in [0.25, 0.3) is 0 Å². The van der Waals surface area contributed by atoms with Crippen molar-refractivity contribution >= 4 is 0 Å². The highest BCUT2D eigenvalue weighted by molar-refractivity contribution is 5.28. The van der Waals surface area contributed by atoms with Gasteiger partial charge < -0.3 is 15.2 Å². The van der Waals surface area contributed by atoms with Gasteiger partial charge in [0.2, 0.25) is 0 Å². The number of hydrogen-bond donors (Lipinski definition) is 2. The van der Waals surface area contributed by atoms with Gasteiger partial charge in [-0.1, -0.05) is 13.8 Å². The molecule has 0 bridgehead atoms. The van der Waals surface area contributed by atoms with Gasteiger partial charge in [0.15, 0.2) is 0 Å². The summed E-state index contributed by atoms with van der Waals surface area (Å²) in [5, 5.41) is 12.8. The summed E-state index contributed by atoms with van der Waals surface area (Å²) < 4.78 is 42.4. The van der Waals surface area contributed by atoms with Crippen LogP contribution in [0.5, 0.6) is 5.75 Å². The number of hydrogen-bond acceptors (Lipinski definition) is 3. The van der Waals surface area contributed by atoms with Crippen LogP contribution >= 0.6 is 0 Å². The van der Waals surface area contributed by atoms with E-state index in [2.05, 4.69) is 19.2 Å². The molecule has 3 nitrogen and oxygen atoms in total. The van der Waals surface area contributed by atoms with E-state index in [4.69, 9.17) is 4.74 Å². The van der Waals surface area contributed by atoms with E-state index in [1.165, 1.54) is 12.1 Å². The van der Waals surface area contributed by atoms with Crippen molar-refractivity contribution in [2.45, 2.75) is 32.5 Å². The smallest absolute Gasteiger partial charge is 0.416 e. The lowest BCUT2D eigenvalue weighted by Gasteiger charge is -2.14. The normalized spacial score (nSPS) is 13.5. The first kappa shape index (κ1) is 17.8. The van der Waals surface area contributed by atoms with E-state index in [1.54, 1.807) is 0 Å². The molecule has 2 N–H and O–H groups in total. The van der Waals surface area contributed by atoms with Gasteiger partial charge in [0, 0.05) is 6.54 Å². The van der Waals surface area contributed by atoms with Gasteiger partial charge in [-0.3, -0.25) is 0 Å². The van der Waals surface area contributed by atoms with E-state index in [1.807, 2.05) is 0 Å². The molecule has 120 valence electrons. The molecule has 0 saturated carbocycles. The Morgan fingerprint density at radius 3 is 2.33 bits per heavy atom. The van der Waals surface area contributed by atoms with Crippen LogP contribution in [0.15, 0.2) is 24.3 Å². The van der Waals surface area contributed by atoms with Crippen molar-refractivity contribution in [1.82, 2.24) is 5.32 Å². The van der Waals surface area contributed by atoms with Gasteiger partial charge in [0.1, 0.15) is 18.5 Å². The van der Waals surface area contributed by atoms with Gasteiger partial charge in [0.25, 0.3) is 0 Å². The Morgan fingerprint density at radius 2 is 1.81 bits per heavy atom. The molecule has 1 unspecified atom stereocenters. The summed E-state index contributed by atoms with van der Waals surface area (Å²) in [4.78, 5) is 0. The standard InChI is InChI=1S/C15H22F3NO2/c1-11(2)7-8-19-9-13(20)10-21-14-5-3-12(4-6-14)15(16,17)18/h3-6,11,13,19-20H,7-10H2,1-2H3. The first-order valence-corrected chi connectivity index (χ1v) is 6.98. The molecule has 0 amide bonds. The molecule has 0 aromatic heterocycles. The van der Waals surface area contributed by atoms with Crippen molar-refractivity contribution in [3.8, 4) is 5.75 Å².